The zero-order chi connectivity index (χ0) is 15.3. The molecule has 118 valence electrons. The summed E-state index contributed by atoms with van der Waals surface area (Å²) in [4.78, 5) is 0. The smallest absolute Gasteiger partial charge is 0.405 e. The van der Waals surface area contributed by atoms with Gasteiger partial charge in [-0.05, 0) is 24.8 Å². The number of nitrogens with two attached hydrogens (primary N) is 1. The van der Waals surface area contributed by atoms with E-state index in [-0.39, 0.29) is 11.7 Å². The molecule has 1 aliphatic rings. The van der Waals surface area contributed by atoms with Gasteiger partial charge in [0.05, 0.1) is 0 Å². The first-order valence-electron chi connectivity index (χ1n) is 7.57. The fourth-order valence-corrected chi connectivity index (χ4v) is 3.07. The Morgan fingerprint density at radius 3 is 2.19 bits per heavy atom. The van der Waals surface area contributed by atoms with E-state index >= 15 is 0 Å². The van der Waals surface area contributed by atoms with E-state index in [2.05, 4.69) is 4.74 Å². The Labute approximate surface area is 123 Å². The van der Waals surface area contributed by atoms with Gasteiger partial charge in [0.1, 0.15) is 5.75 Å². The van der Waals surface area contributed by atoms with Crippen LogP contribution < -0.4 is 10.5 Å². The van der Waals surface area contributed by atoms with Gasteiger partial charge in [0, 0.05) is 11.6 Å². The summed E-state index contributed by atoms with van der Waals surface area (Å²) in [6, 6.07) is 5.83. The number of ether oxygens (including phenoxy) is 1. The molecule has 0 radical (unpaired) electrons. The average molecular weight is 301 g/mol. The highest BCUT2D eigenvalue weighted by atomic mass is 19.4. The summed E-state index contributed by atoms with van der Waals surface area (Å²) in [5.74, 6) is 0.0582. The number of halogens is 3. The predicted octanol–water partition coefficient (Wildman–Crippen LogP) is 4.95. The van der Waals surface area contributed by atoms with Gasteiger partial charge in [-0.2, -0.15) is 0 Å². The second-order valence-corrected chi connectivity index (χ2v) is 5.72. The average Bonchev–Trinajstić information content (AvgIpc) is 2.36. The number of benzene rings is 1. The van der Waals surface area contributed by atoms with Crippen molar-refractivity contribution in [3.05, 3.63) is 29.8 Å². The Morgan fingerprint density at radius 2 is 1.57 bits per heavy atom. The summed E-state index contributed by atoms with van der Waals surface area (Å²) in [6.07, 6.45) is 3.07. The van der Waals surface area contributed by atoms with Gasteiger partial charge in [0.15, 0.2) is 0 Å². The van der Waals surface area contributed by atoms with Crippen molar-refractivity contribution >= 4 is 0 Å². The maximum Gasteiger partial charge on any atom is 0.573 e. The van der Waals surface area contributed by atoms with E-state index in [4.69, 9.17) is 5.73 Å². The molecular weight excluding hydrogens is 279 g/mol. The summed E-state index contributed by atoms with van der Waals surface area (Å²) in [6.45, 7) is 0. The number of hydrogen-bond acceptors (Lipinski definition) is 2. The highest BCUT2D eigenvalue weighted by molar-refractivity contribution is 5.36. The molecule has 5 heteroatoms. The molecule has 2 nitrogen and oxygen atoms in total. The second-order valence-electron chi connectivity index (χ2n) is 5.72. The van der Waals surface area contributed by atoms with Crippen LogP contribution in [-0.4, -0.2) is 6.36 Å². The zero-order valence-corrected chi connectivity index (χ0v) is 12.0. The second kappa shape index (κ2) is 7.16. The van der Waals surface area contributed by atoms with Crippen molar-refractivity contribution in [1.82, 2.24) is 0 Å². The van der Waals surface area contributed by atoms with E-state index in [0.29, 0.717) is 5.56 Å². The number of hydrogen-bond donors (Lipinski definition) is 1. The minimum Gasteiger partial charge on any atom is -0.405 e. The third-order valence-electron chi connectivity index (χ3n) is 4.16. The van der Waals surface area contributed by atoms with Crippen molar-refractivity contribution in [3.63, 3.8) is 0 Å². The molecule has 0 heterocycles. The van der Waals surface area contributed by atoms with Gasteiger partial charge in [0.25, 0.3) is 0 Å². The van der Waals surface area contributed by atoms with Crippen LogP contribution in [0.4, 0.5) is 13.2 Å². The summed E-state index contributed by atoms with van der Waals surface area (Å²) in [5.41, 5.74) is 6.72. The Kier molecular flexibility index (Phi) is 5.51. The number of para-hydroxylation sites is 1. The summed E-state index contributed by atoms with van der Waals surface area (Å²) in [5, 5.41) is 0. The Balaban J connectivity index is 2.15. The van der Waals surface area contributed by atoms with Crippen LogP contribution in [0.5, 0.6) is 5.75 Å². The molecule has 0 aromatic heterocycles. The number of rotatable bonds is 3. The molecule has 0 saturated heterocycles. The van der Waals surface area contributed by atoms with Gasteiger partial charge < -0.3 is 10.5 Å². The van der Waals surface area contributed by atoms with Gasteiger partial charge in [-0.1, -0.05) is 50.3 Å². The van der Waals surface area contributed by atoms with Crippen LogP contribution in [0.25, 0.3) is 0 Å². The lowest BCUT2D eigenvalue weighted by Gasteiger charge is -2.27. The quantitative estimate of drug-likeness (QED) is 0.857. The molecule has 0 spiro atoms. The number of alkyl halides is 3. The molecular formula is C16H22F3NO. The monoisotopic (exact) mass is 301 g/mol. The van der Waals surface area contributed by atoms with E-state index in [9.17, 15) is 13.2 Å². The van der Waals surface area contributed by atoms with Gasteiger partial charge >= 0.3 is 6.36 Å². The Morgan fingerprint density at radius 1 is 1.00 bits per heavy atom. The molecule has 21 heavy (non-hydrogen) atoms. The molecule has 1 atom stereocenters. The van der Waals surface area contributed by atoms with Crippen LogP contribution in [0.1, 0.15) is 56.6 Å². The van der Waals surface area contributed by atoms with Crippen LogP contribution in [0.15, 0.2) is 24.3 Å². The first kappa shape index (κ1) is 16.1. The third-order valence-corrected chi connectivity index (χ3v) is 4.16. The van der Waals surface area contributed by atoms with Gasteiger partial charge in [0.2, 0.25) is 0 Å². The summed E-state index contributed by atoms with van der Waals surface area (Å²) >= 11 is 0. The largest absolute Gasteiger partial charge is 0.573 e. The molecule has 0 aliphatic heterocycles. The van der Waals surface area contributed by atoms with Crippen molar-refractivity contribution in [2.75, 3.05) is 0 Å². The normalized spacial score (nSPS) is 19.6. The maximum absolute atomic E-state index is 12.5. The van der Waals surface area contributed by atoms with Crippen LogP contribution in [-0.2, 0) is 0 Å². The lowest BCUT2D eigenvalue weighted by molar-refractivity contribution is -0.275. The minimum absolute atomic E-state index is 0.167. The fraction of sp³-hybridized carbons (Fsp3) is 0.625. The molecule has 1 saturated carbocycles. The van der Waals surface area contributed by atoms with Crippen LogP contribution in [0.3, 0.4) is 0 Å². The minimum atomic E-state index is -4.68. The molecule has 2 rings (SSSR count). The molecule has 1 aliphatic carbocycles. The van der Waals surface area contributed by atoms with Crippen molar-refractivity contribution in [3.8, 4) is 5.75 Å². The van der Waals surface area contributed by atoms with E-state index in [1.54, 1.807) is 12.1 Å². The topological polar surface area (TPSA) is 35.2 Å². The molecule has 1 aromatic carbocycles. The maximum atomic E-state index is 12.5. The van der Waals surface area contributed by atoms with Crippen molar-refractivity contribution in [2.24, 2.45) is 11.7 Å². The van der Waals surface area contributed by atoms with Crippen molar-refractivity contribution < 1.29 is 17.9 Å². The van der Waals surface area contributed by atoms with Crippen molar-refractivity contribution in [1.29, 1.82) is 0 Å². The van der Waals surface area contributed by atoms with Gasteiger partial charge in [-0.25, -0.2) is 0 Å². The first-order valence-corrected chi connectivity index (χ1v) is 7.57. The Bertz CT molecular complexity index is 439. The van der Waals surface area contributed by atoms with Crippen LogP contribution >= 0.6 is 0 Å². The van der Waals surface area contributed by atoms with Crippen molar-refractivity contribution in [2.45, 2.75) is 57.3 Å². The predicted molar refractivity (Wildman–Crippen MR) is 75.9 cm³/mol. The lowest BCUT2D eigenvalue weighted by atomic mass is 9.83. The van der Waals surface area contributed by atoms with Gasteiger partial charge in [-0.3, -0.25) is 0 Å². The highest BCUT2D eigenvalue weighted by Gasteiger charge is 2.33. The van der Waals surface area contributed by atoms with E-state index < -0.39 is 12.4 Å². The van der Waals surface area contributed by atoms with Crippen LogP contribution in [0.2, 0.25) is 0 Å². The molecule has 2 N–H and O–H groups in total. The standard InChI is InChI=1S/C16H22F3NO/c17-16(18,19)21-14-11-7-6-10-13(14)15(20)12-8-4-2-1-3-5-9-12/h6-7,10-12,15H,1-5,8-9,20H2. The lowest BCUT2D eigenvalue weighted by Crippen LogP contribution is -2.25. The van der Waals surface area contributed by atoms with E-state index in [1.165, 1.54) is 31.4 Å². The van der Waals surface area contributed by atoms with Crippen LogP contribution in [0, 0.1) is 5.92 Å². The zero-order valence-electron chi connectivity index (χ0n) is 12.0. The molecule has 1 fully saturated rings. The SMILES string of the molecule is NC(c1ccccc1OC(F)(F)F)C1CCCCCCC1. The third kappa shape index (κ3) is 4.92. The molecule has 0 amide bonds. The Hall–Kier alpha value is -1.23. The molecule has 1 unspecified atom stereocenters. The van der Waals surface area contributed by atoms with Gasteiger partial charge in [-0.15, -0.1) is 13.2 Å². The first-order chi connectivity index (χ1) is 9.97. The summed E-state index contributed by atoms with van der Waals surface area (Å²) < 4.78 is 41.6. The highest BCUT2D eigenvalue weighted by Crippen LogP contribution is 2.36. The fourth-order valence-electron chi connectivity index (χ4n) is 3.07. The summed E-state index contributed by atoms with van der Waals surface area (Å²) in [7, 11) is 0. The van der Waals surface area contributed by atoms with E-state index in [0.717, 1.165) is 25.7 Å². The van der Waals surface area contributed by atoms with E-state index in [1.807, 2.05) is 0 Å². The molecule has 0 bridgehead atoms. The molecule has 1 aromatic rings.